The molecule has 1 aliphatic heterocycles. The largest absolute Gasteiger partial charge is 0.492 e. The third-order valence-corrected chi connectivity index (χ3v) is 3.07. The summed E-state index contributed by atoms with van der Waals surface area (Å²) >= 11 is 0. The van der Waals surface area contributed by atoms with E-state index in [4.69, 9.17) is 9.47 Å². The number of nitrogens with one attached hydrogen (secondary N) is 1. The third kappa shape index (κ3) is 3.70. The predicted octanol–water partition coefficient (Wildman–Crippen LogP) is 2.29. The lowest BCUT2D eigenvalue weighted by Gasteiger charge is -2.16. The molecule has 1 heterocycles. The lowest BCUT2D eigenvalue weighted by Crippen LogP contribution is -2.26. The number of rotatable bonds is 6. The highest BCUT2D eigenvalue weighted by Gasteiger charge is 2.27. The topological polar surface area (TPSA) is 47.6 Å². The molecule has 104 valence electrons. The van der Waals surface area contributed by atoms with Gasteiger partial charge in [0.25, 0.3) is 0 Å². The minimum atomic E-state index is -0.0288. The molecule has 2 aliphatic rings. The van der Waals surface area contributed by atoms with Crippen molar-refractivity contribution in [1.29, 1.82) is 0 Å². The predicted molar refractivity (Wildman–Crippen MR) is 73.2 cm³/mol. The van der Waals surface area contributed by atoms with Crippen molar-refractivity contribution >= 4 is 5.78 Å². The monoisotopic (exact) mass is 263 g/mol. The van der Waals surface area contributed by atoms with Crippen molar-refractivity contribution < 1.29 is 14.3 Å². The molecule has 1 N–H and O–H groups in total. The SMILES string of the molecule is CC(=O)C1=CC2CC=C(OCCNC(C)C)C=C2O1. The van der Waals surface area contributed by atoms with Crippen molar-refractivity contribution in [3.8, 4) is 0 Å². The van der Waals surface area contributed by atoms with E-state index >= 15 is 0 Å². The summed E-state index contributed by atoms with van der Waals surface area (Å²) in [5.41, 5.74) is 0. The van der Waals surface area contributed by atoms with Gasteiger partial charge >= 0.3 is 0 Å². The number of hydrogen-bond acceptors (Lipinski definition) is 4. The number of Topliss-reactive ketones (excluding diaryl/α,β-unsaturated/α-hetero) is 1. The molecular formula is C15H21NO3. The molecule has 0 aromatic heterocycles. The zero-order valence-corrected chi connectivity index (χ0v) is 11.7. The van der Waals surface area contributed by atoms with Crippen LogP contribution in [0.3, 0.4) is 0 Å². The first kappa shape index (κ1) is 13.9. The molecule has 4 heteroatoms. The quantitative estimate of drug-likeness (QED) is 0.747. The first-order chi connectivity index (χ1) is 9.06. The highest BCUT2D eigenvalue weighted by Crippen LogP contribution is 2.34. The maximum absolute atomic E-state index is 11.3. The Kier molecular flexibility index (Phi) is 4.43. The van der Waals surface area contributed by atoms with Crippen molar-refractivity contribution in [2.24, 2.45) is 5.92 Å². The summed E-state index contributed by atoms with van der Waals surface area (Å²) in [7, 11) is 0. The average molecular weight is 263 g/mol. The lowest BCUT2D eigenvalue weighted by atomic mass is 9.98. The Hall–Kier alpha value is -1.55. The van der Waals surface area contributed by atoms with Crippen LogP contribution < -0.4 is 5.32 Å². The molecule has 4 nitrogen and oxygen atoms in total. The van der Waals surface area contributed by atoms with E-state index in [1.807, 2.05) is 18.2 Å². The minimum Gasteiger partial charge on any atom is -0.492 e. The summed E-state index contributed by atoms with van der Waals surface area (Å²) in [6.07, 6.45) is 6.65. The van der Waals surface area contributed by atoms with Crippen molar-refractivity contribution in [2.75, 3.05) is 13.2 Å². The minimum absolute atomic E-state index is 0.0288. The number of allylic oxidation sites excluding steroid dienone is 4. The Labute approximate surface area is 114 Å². The molecule has 0 saturated carbocycles. The zero-order chi connectivity index (χ0) is 13.8. The Morgan fingerprint density at radius 1 is 1.58 bits per heavy atom. The fourth-order valence-electron chi connectivity index (χ4n) is 2.07. The molecule has 1 aliphatic carbocycles. The molecule has 0 spiro atoms. The normalized spacial score (nSPS) is 21.3. The van der Waals surface area contributed by atoms with Crippen molar-refractivity contribution in [3.63, 3.8) is 0 Å². The summed E-state index contributed by atoms with van der Waals surface area (Å²) < 4.78 is 11.2. The van der Waals surface area contributed by atoms with Crippen LogP contribution in [-0.2, 0) is 14.3 Å². The molecule has 0 bridgehead atoms. The van der Waals surface area contributed by atoms with Crippen LogP contribution in [0.4, 0.5) is 0 Å². The molecular weight excluding hydrogens is 242 g/mol. The van der Waals surface area contributed by atoms with Gasteiger partial charge in [-0.05, 0) is 18.6 Å². The smallest absolute Gasteiger partial charge is 0.194 e. The van der Waals surface area contributed by atoms with Gasteiger partial charge in [0.2, 0.25) is 0 Å². The highest BCUT2D eigenvalue weighted by molar-refractivity contribution is 5.92. The molecule has 1 atom stereocenters. The second kappa shape index (κ2) is 6.06. The van der Waals surface area contributed by atoms with Gasteiger partial charge in [0.05, 0.1) is 0 Å². The van der Waals surface area contributed by atoms with Gasteiger partial charge in [0.15, 0.2) is 11.5 Å². The van der Waals surface area contributed by atoms with Crippen LogP contribution in [0, 0.1) is 5.92 Å². The van der Waals surface area contributed by atoms with E-state index < -0.39 is 0 Å². The van der Waals surface area contributed by atoms with Gasteiger partial charge in [0, 0.05) is 31.5 Å². The zero-order valence-electron chi connectivity index (χ0n) is 11.7. The molecule has 0 aromatic rings. The maximum atomic E-state index is 11.3. The Morgan fingerprint density at radius 3 is 3.05 bits per heavy atom. The lowest BCUT2D eigenvalue weighted by molar-refractivity contribution is -0.116. The van der Waals surface area contributed by atoms with Crippen LogP contribution in [0.15, 0.2) is 35.5 Å². The van der Waals surface area contributed by atoms with E-state index in [1.54, 1.807) is 0 Å². The van der Waals surface area contributed by atoms with Crippen LogP contribution >= 0.6 is 0 Å². The number of hydrogen-bond donors (Lipinski definition) is 1. The third-order valence-electron chi connectivity index (χ3n) is 3.07. The van der Waals surface area contributed by atoms with Gasteiger partial charge in [-0.15, -0.1) is 0 Å². The number of ether oxygens (including phenoxy) is 2. The van der Waals surface area contributed by atoms with Gasteiger partial charge in [-0.2, -0.15) is 0 Å². The van der Waals surface area contributed by atoms with Crippen molar-refractivity contribution in [2.45, 2.75) is 33.2 Å². The van der Waals surface area contributed by atoms with E-state index in [-0.39, 0.29) is 11.7 Å². The summed E-state index contributed by atoms with van der Waals surface area (Å²) in [4.78, 5) is 11.3. The molecule has 1 unspecified atom stereocenters. The molecule has 0 radical (unpaired) electrons. The van der Waals surface area contributed by atoms with E-state index in [0.717, 1.165) is 24.5 Å². The van der Waals surface area contributed by atoms with Crippen LogP contribution in [0.2, 0.25) is 0 Å². The Morgan fingerprint density at radius 2 is 2.37 bits per heavy atom. The summed E-state index contributed by atoms with van der Waals surface area (Å²) in [5, 5.41) is 3.29. The summed E-state index contributed by atoms with van der Waals surface area (Å²) in [6.45, 7) is 7.18. The molecule has 0 fully saturated rings. The maximum Gasteiger partial charge on any atom is 0.194 e. The fourth-order valence-corrected chi connectivity index (χ4v) is 2.07. The number of fused-ring (bicyclic) bond motifs is 1. The summed E-state index contributed by atoms with van der Waals surface area (Å²) in [5.74, 6) is 2.26. The molecule has 2 rings (SSSR count). The summed E-state index contributed by atoms with van der Waals surface area (Å²) in [6, 6.07) is 0.465. The second-order valence-electron chi connectivity index (χ2n) is 5.14. The van der Waals surface area contributed by atoms with E-state index in [9.17, 15) is 4.79 Å². The molecule has 0 aromatic carbocycles. The molecule has 0 amide bonds. The van der Waals surface area contributed by atoms with Gasteiger partial charge in [-0.1, -0.05) is 13.8 Å². The average Bonchev–Trinajstić information content (AvgIpc) is 2.77. The number of carbonyl (C=O) groups is 1. The van der Waals surface area contributed by atoms with Gasteiger partial charge < -0.3 is 14.8 Å². The van der Waals surface area contributed by atoms with Crippen molar-refractivity contribution in [3.05, 3.63) is 35.5 Å². The van der Waals surface area contributed by atoms with E-state index in [1.165, 1.54) is 6.92 Å². The van der Waals surface area contributed by atoms with Crippen molar-refractivity contribution in [1.82, 2.24) is 5.32 Å². The van der Waals surface area contributed by atoms with E-state index in [2.05, 4.69) is 19.2 Å². The Balaban J connectivity index is 1.83. The highest BCUT2D eigenvalue weighted by atomic mass is 16.5. The van der Waals surface area contributed by atoms with Gasteiger partial charge in [-0.3, -0.25) is 4.79 Å². The first-order valence-corrected chi connectivity index (χ1v) is 6.75. The van der Waals surface area contributed by atoms with Crippen LogP contribution in [-0.4, -0.2) is 25.0 Å². The van der Waals surface area contributed by atoms with Gasteiger partial charge in [0.1, 0.15) is 18.1 Å². The van der Waals surface area contributed by atoms with E-state index in [0.29, 0.717) is 18.4 Å². The fraction of sp³-hybridized carbons (Fsp3) is 0.533. The van der Waals surface area contributed by atoms with Gasteiger partial charge in [-0.25, -0.2) is 0 Å². The second-order valence-corrected chi connectivity index (χ2v) is 5.14. The standard InChI is InChI=1S/C15H21NO3/c1-10(2)16-6-7-18-13-5-4-12-8-14(11(3)17)19-15(12)9-13/h5,8-10,12,16H,4,6-7H2,1-3H3. The van der Waals surface area contributed by atoms with Crippen LogP contribution in [0.5, 0.6) is 0 Å². The first-order valence-electron chi connectivity index (χ1n) is 6.75. The van der Waals surface area contributed by atoms with Crippen LogP contribution in [0.1, 0.15) is 27.2 Å². The number of ketones is 1. The Bertz CT molecular complexity index is 446. The number of carbonyl (C=O) groups excluding carboxylic acids is 1. The molecule has 19 heavy (non-hydrogen) atoms. The van der Waals surface area contributed by atoms with Crippen LogP contribution in [0.25, 0.3) is 0 Å². The molecule has 0 saturated heterocycles.